The number of hydrogen-bond donors (Lipinski definition) is 0. The number of fused-ring (bicyclic) bond motifs is 6. The molecule has 57 heavy (non-hydrogen) atoms. The number of ether oxygens (including phenoxy) is 1. The first-order chi connectivity index (χ1) is 28.0. The van der Waals surface area contributed by atoms with Crippen molar-refractivity contribution >= 4 is 72.1 Å². The van der Waals surface area contributed by atoms with Crippen LogP contribution in [0.2, 0.25) is 0 Å². The highest BCUT2D eigenvalue weighted by atomic mass is 16.5. The van der Waals surface area contributed by atoms with E-state index in [-0.39, 0.29) is 0 Å². The van der Waals surface area contributed by atoms with Gasteiger partial charge in [0.25, 0.3) is 0 Å². The molecule has 0 aromatic heterocycles. The van der Waals surface area contributed by atoms with Crippen LogP contribution in [0.15, 0.2) is 170 Å². The molecule has 9 aromatic carbocycles. The Balaban J connectivity index is 1.21. The molecule has 5 heteroatoms. The number of aryl methyl sites for hydroxylation is 2. The molecule has 0 spiro atoms. The summed E-state index contributed by atoms with van der Waals surface area (Å²) in [5, 5.41) is 16.3. The largest absolute Gasteiger partial charge is 0.456 e. The monoisotopic (exact) mass is 730 g/mol. The summed E-state index contributed by atoms with van der Waals surface area (Å²) < 4.78 is 6.92. The van der Waals surface area contributed by atoms with Gasteiger partial charge < -0.3 is 14.5 Å². The van der Waals surface area contributed by atoms with Crippen molar-refractivity contribution in [3.63, 3.8) is 0 Å². The summed E-state index contributed by atoms with van der Waals surface area (Å²) in [7, 11) is 0. The second kappa shape index (κ2) is 13.5. The Kier molecular flexibility index (Phi) is 7.96. The highest BCUT2D eigenvalue weighted by molar-refractivity contribution is 6.26. The van der Waals surface area contributed by atoms with E-state index in [0.717, 1.165) is 83.9 Å². The molecular weight excluding hydrogens is 697 g/mol. The lowest BCUT2D eigenvalue weighted by molar-refractivity contribution is 0.487. The number of nitriles is 1. The predicted octanol–water partition coefficient (Wildman–Crippen LogP) is 14.9. The molecule has 268 valence electrons. The minimum absolute atomic E-state index is 0.608. The first-order valence-electron chi connectivity index (χ1n) is 18.9. The molecule has 0 atom stereocenters. The zero-order valence-electron chi connectivity index (χ0n) is 31.4. The number of rotatable bonds is 6. The average molecular weight is 731 g/mol. The molecular formula is C52H34N4O. The minimum atomic E-state index is 0.608. The Morgan fingerprint density at radius 2 is 1.09 bits per heavy atom. The molecule has 0 amide bonds. The lowest BCUT2D eigenvalue weighted by Crippen LogP contribution is -2.11. The van der Waals surface area contributed by atoms with E-state index in [4.69, 9.17) is 11.3 Å². The quantitative estimate of drug-likeness (QED) is 0.126. The summed E-state index contributed by atoms with van der Waals surface area (Å²) in [5.74, 6) is 1.62. The molecule has 9 aromatic rings. The van der Waals surface area contributed by atoms with Crippen LogP contribution in [0.25, 0.3) is 48.3 Å². The van der Waals surface area contributed by atoms with Crippen LogP contribution in [0, 0.1) is 31.8 Å². The second-order valence-corrected chi connectivity index (χ2v) is 14.6. The Labute approximate surface area is 331 Å². The predicted molar refractivity (Wildman–Crippen MR) is 234 cm³/mol. The molecule has 0 bridgehead atoms. The van der Waals surface area contributed by atoms with Gasteiger partial charge in [-0.05, 0) is 138 Å². The standard InChI is InChI=1S/C52H34N4O/c1-33-14-24-42-44(26-33)45-30-48-43-25-23-41(55(37-10-6-4-7-11-37)39-19-15-35(32-53)16-20-39)29-50(43)57-51-28-34(2)27-47(52(48)51)46(45)31-49(42)56(38-12-8-5-9-13-38)40-21-17-36(54-3)18-22-40/h4-31H,1-2H3. The van der Waals surface area contributed by atoms with Crippen molar-refractivity contribution in [2.24, 2.45) is 0 Å². The summed E-state index contributed by atoms with van der Waals surface area (Å²) in [6.45, 7) is 11.9. The summed E-state index contributed by atoms with van der Waals surface area (Å²) in [6, 6.07) is 60.8. The van der Waals surface area contributed by atoms with Gasteiger partial charge in [-0.15, -0.1) is 0 Å². The van der Waals surface area contributed by atoms with Crippen molar-refractivity contribution in [3.05, 3.63) is 198 Å². The first kappa shape index (κ1) is 33.7. The van der Waals surface area contributed by atoms with Gasteiger partial charge in [0.2, 0.25) is 0 Å². The van der Waals surface area contributed by atoms with E-state index in [1.165, 1.54) is 16.3 Å². The van der Waals surface area contributed by atoms with Crippen LogP contribution in [0.5, 0.6) is 11.5 Å². The third-order valence-electron chi connectivity index (χ3n) is 10.9. The molecule has 1 aliphatic heterocycles. The maximum absolute atomic E-state index is 9.49. The highest BCUT2D eigenvalue weighted by Gasteiger charge is 2.26. The van der Waals surface area contributed by atoms with E-state index in [9.17, 15) is 5.26 Å². The van der Waals surface area contributed by atoms with Gasteiger partial charge in [-0.25, -0.2) is 4.85 Å². The van der Waals surface area contributed by atoms with Gasteiger partial charge in [-0.2, -0.15) is 5.26 Å². The third-order valence-corrected chi connectivity index (χ3v) is 10.9. The number of nitrogens with zero attached hydrogens (tertiary/aromatic N) is 4. The van der Waals surface area contributed by atoms with Crippen molar-refractivity contribution in [3.8, 4) is 28.7 Å². The lowest BCUT2D eigenvalue weighted by Gasteiger charge is -2.29. The number of para-hydroxylation sites is 2. The second-order valence-electron chi connectivity index (χ2n) is 14.6. The van der Waals surface area contributed by atoms with E-state index in [1.54, 1.807) is 0 Å². The van der Waals surface area contributed by atoms with Gasteiger partial charge >= 0.3 is 0 Å². The summed E-state index contributed by atoms with van der Waals surface area (Å²) in [5.41, 5.74) is 11.7. The molecule has 5 nitrogen and oxygen atoms in total. The Morgan fingerprint density at radius 1 is 0.491 bits per heavy atom. The molecule has 0 unspecified atom stereocenters. The Bertz CT molecular complexity index is 3120. The SMILES string of the molecule is [C-]#[N+]c1ccc(N(c2ccccc2)c2cc3c4cc(C)cc5c4c(cc3c3cc(C)ccc23)-c2ccc(N(c3ccccc3)c3ccc(C#N)cc3)cc2O5)cc1. The van der Waals surface area contributed by atoms with E-state index in [0.29, 0.717) is 11.3 Å². The fraction of sp³-hybridized carbons (Fsp3) is 0.0385. The first-order valence-corrected chi connectivity index (χ1v) is 18.9. The normalized spacial score (nSPS) is 11.4. The van der Waals surface area contributed by atoms with E-state index < -0.39 is 0 Å². The van der Waals surface area contributed by atoms with Crippen LogP contribution in [0.1, 0.15) is 16.7 Å². The van der Waals surface area contributed by atoms with Gasteiger partial charge in [0.1, 0.15) is 11.5 Å². The third kappa shape index (κ3) is 5.70. The van der Waals surface area contributed by atoms with E-state index >= 15 is 0 Å². The van der Waals surface area contributed by atoms with Crippen molar-refractivity contribution in [1.82, 2.24) is 0 Å². The molecule has 0 saturated heterocycles. The smallest absolute Gasteiger partial charge is 0.187 e. The topological polar surface area (TPSA) is 43.9 Å². The van der Waals surface area contributed by atoms with Crippen molar-refractivity contribution in [2.45, 2.75) is 13.8 Å². The highest BCUT2D eigenvalue weighted by Crippen LogP contribution is 2.53. The van der Waals surface area contributed by atoms with Crippen LogP contribution in [0.3, 0.4) is 0 Å². The van der Waals surface area contributed by atoms with Gasteiger partial charge in [-0.3, -0.25) is 0 Å². The van der Waals surface area contributed by atoms with Gasteiger partial charge in [0.15, 0.2) is 5.69 Å². The Morgan fingerprint density at radius 3 is 1.79 bits per heavy atom. The molecule has 0 saturated carbocycles. The minimum Gasteiger partial charge on any atom is -0.456 e. The van der Waals surface area contributed by atoms with E-state index in [2.05, 4.69) is 132 Å². The molecule has 0 N–H and O–H groups in total. The van der Waals surface area contributed by atoms with Gasteiger partial charge in [0.05, 0.1) is 23.9 Å². The maximum atomic E-state index is 9.49. The average Bonchev–Trinajstić information content (AvgIpc) is 3.25. The van der Waals surface area contributed by atoms with Gasteiger partial charge in [0, 0.05) is 50.8 Å². The maximum Gasteiger partial charge on any atom is 0.187 e. The molecule has 0 fully saturated rings. The number of hydrogen-bond acceptors (Lipinski definition) is 4. The number of benzene rings is 9. The fourth-order valence-corrected chi connectivity index (χ4v) is 8.32. The van der Waals surface area contributed by atoms with Crippen molar-refractivity contribution in [1.29, 1.82) is 5.26 Å². The van der Waals surface area contributed by atoms with Crippen LogP contribution in [-0.4, -0.2) is 0 Å². The van der Waals surface area contributed by atoms with E-state index in [1.807, 2.05) is 72.8 Å². The van der Waals surface area contributed by atoms with Crippen LogP contribution in [-0.2, 0) is 0 Å². The zero-order valence-corrected chi connectivity index (χ0v) is 31.4. The molecule has 1 heterocycles. The lowest BCUT2D eigenvalue weighted by atomic mass is 9.87. The van der Waals surface area contributed by atoms with Crippen molar-refractivity contribution < 1.29 is 4.74 Å². The molecule has 0 radical (unpaired) electrons. The zero-order chi connectivity index (χ0) is 38.6. The van der Waals surface area contributed by atoms with Gasteiger partial charge in [-0.1, -0.05) is 78.4 Å². The Hall–Kier alpha value is -7.86. The summed E-state index contributed by atoms with van der Waals surface area (Å²) in [6.07, 6.45) is 0. The van der Waals surface area contributed by atoms with Crippen LogP contribution < -0.4 is 14.5 Å². The number of anilines is 6. The molecule has 0 aliphatic carbocycles. The molecule has 10 rings (SSSR count). The van der Waals surface area contributed by atoms with Crippen LogP contribution in [0.4, 0.5) is 39.8 Å². The summed E-state index contributed by atoms with van der Waals surface area (Å²) >= 11 is 0. The molecule has 1 aliphatic rings. The van der Waals surface area contributed by atoms with Crippen molar-refractivity contribution in [2.75, 3.05) is 9.80 Å². The summed E-state index contributed by atoms with van der Waals surface area (Å²) in [4.78, 5) is 8.15. The fourth-order valence-electron chi connectivity index (χ4n) is 8.32. The van der Waals surface area contributed by atoms with Crippen LogP contribution >= 0.6 is 0 Å².